The number of nitrogen functional groups attached to an aromatic ring is 1. The number of furan rings is 2. The van der Waals surface area contributed by atoms with Crippen LogP contribution in [0.5, 0.6) is 0 Å². The largest absolute Gasteiger partial charge is 0.437 e. The molecule has 1 aliphatic heterocycles. The minimum Gasteiger partial charge on any atom is -0.437 e. The van der Waals surface area contributed by atoms with Gasteiger partial charge in [-0.1, -0.05) is 0 Å². The first-order chi connectivity index (χ1) is 6.83. The van der Waals surface area contributed by atoms with Crippen LogP contribution in [-0.4, -0.2) is 13.1 Å². The van der Waals surface area contributed by atoms with Crippen molar-refractivity contribution in [3.8, 4) is 0 Å². The lowest BCUT2D eigenvalue weighted by Crippen LogP contribution is -2.16. The van der Waals surface area contributed by atoms with Gasteiger partial charge in [0.25, 0.3) is 0 Å². The van der Waals surface area contributed by atoms with Crippen molar-refractivity contribution in [2.45, 2.75) is 12.8 Å². The fourth-order valence-corrected chi connectivity index (χ4v) is 1.94. The Morgan fingerprint density at radius 2 is 1.79 bits per heavy atom. The highest BCUT2D eigenvalue weighted by Crippen LogP contribution is 2.31. The summed E-state index contributed by atoms with van der Waals surface area (Å²) in [5.74, 6) is 1.31. The van der Waals surface area contributed by atoms with Crippen LogP contribution in [0.3, 0.4) is 0 Å². The first kappa shape index (κ1) is 7.79. The first-order valence-electron chi connectivity index (χ1n) is 4.87. The van der Waals surface area contributed by atoms with E-state index in [-0.39, 0.29) is 0 Å². The molecule has 1 fully saturated rings. The Morgan fingerprint density at radius 1 is 1.07 bits per heavy atom. The van der Waals surface area contributed by atoms with E-state index >= 15 is 0 Å². The van der Waals surface area contributed by atoms with E-state index in [9.17, 15) is 0 Å². The van der Waals surface area contributed by atoms with Crippen molar-refractivity contribution < 1.29 is 8.83 Å². The summed E-state index contributed by atoms with van der Waals surface area (Å²) in [5, 5.41) is 0. The van der Waals surface area contributed by atoms with Gasteiger partial charge in [-0.15, -0.1) is 0 Å². The van der Waals surface area contributed by atoms with Crippen LogP contribution in [0.15, 0.2) is 21.0 Å². The van der Waals surface area contributed by atoms with Gasteiger partial charge in [0.2, 0.25) is 0 Å². The summed E-state index contributed by atoms with van der Waals surface area (Å²) in [6.45, 7) is 2.15. The molecule has 0 unspecified atom stereocenters. The molecular weight excluding hydrogens is 180 g/mol. The fourth-order valence-electron chi connectivity index (χ4n) is 1.94. The van der Waals surface area contributed by atoms with Gasteiger partial charge in [0.05, 0.1) is 0 Å². The number of anilines is 2. The molecule has 2 aromatic rings. The summed E-state index contributed by atoms with van der Waals surface area (Å²) in [4.78, 5) is 2.23. The quantitative estimate of drug-likeness (QED) is 0.752. The fraction of sp³-hybridized carbons (Fsp3) is 0.400. The standard InChI is InChI=1S/C10H12N2O2/c11-9-5-7-8(13-9)6-10(14-7)12-3-1-2-4-12/h5-6H,1-4,11H2. The zero-order valence-electron chi connectivity index (χ0n) is 7.82. The molecule has 0 aliphatic carbocycles. The number of rotatable bonds is 1. The molecule has 0 bridgehead atoms. The maximum Gasteiger partial charge on any atom is 0.200 e. The number of hydrogen-bond acceptors (Lipinski definition) is 4. The monoisotopic (exact) mass is 192 g/mol. The lowest BCUT2D eigenvalue weighted by molar-refractivity contribution is 0.598. The average Bonchev–Trinajstić information content (AvgIpc) is 2.74. The maximum absolute atomic E-state index is 5.62. The number of nitrogens with zero attached hydrogens (tertiary/aromatic N) is 1. The van der Waals surface area contributed by atoms with Gasteiger partial charge in [-0.25, -0.2) is 0 Å². The molecule has 0 atom stereocenters. The van der Waals surface area contributed by atoms with E-state index in [1.807, 2.05) is 6.07 Å². The molecular formula is C10H12N2O2. The third-order valence-electron chi connectivity index (χ3n) is 2.63. The van der Waals surface area contributed by atoms with Gasteiger partial charge in [-0.3, -0.25) is 0 Å². The second-order valence-electron chi connectivity index (χ2n) is 3.66. The van der Waals surface area contributed by atoms with Crippen LogP contribution in [0.4, 0.5) is 11.8 Å². The predicted octanol–water partition coefficient (Wildman–Crippen LogP) is 2.21. The van der Waals surface area contributed by atoms with E-state index in [2.05, 4.69) is 4.90 Å². The smallest absolute Gasteiger partial charge is 0.200 e. The molecule has 0 spiro atoms. The zero-order valence-corrected chi connectivity index (χ0v) is 7.82. The van der Waals surface area contributed by atoms with Gasteiger partial charge in [0.15, 0.2) is 22.9 Å². The summed E-state index contributed by atoms with van der Waals surface area (Å²) >= 11 is 0. The third-order valence-corrected chi connectivity index (χ3v) is 2.63. The normalized spacial score (nSPS) is 17.0. The molecule has 2 aromatic heterocycles. The molecule has 0 amide bonds. The Labute approximate surface area is 81.3 Å². The highest BCUT2D eigenvalue weighted by atomic mass is 16.4. The second-order valence-corrected chi connectivity index (χ2v) is 3.66. The van der Waals surface area contributed by atoms with Crippen LogP contribution in [-0.2, 0) is 0 Å². The first-order valence-corrected chi connectivity index (χ1v) is 4.87. The Balaban J connectivity index is 2.01. The topological polar surface area (TPSA) is 55.5 Å². The summed E-state index contributed by atoms with van der Waals surface area (Å²) in [6, 6.07) is 3.63. The molecule has 1 saturated heterocycles. The van der Waals surface area contributed by atoms with Crippen molar-refractivity contribution in [3.63, 3.8) is 0 Å². The van der Waals surface area contributed by atoms with E-state index in [4.69, 9.17) is 14.6 Å². The zero-order chi connectivity index (χ0) is 9.54. The Bertz CT molecular complexity index is 420. The van der Waals surface area contributed by atoms with E-state index in [1.165, 1.54) is 12.8 Å². The second kappa shape index (κ2) is 2.70. The Kier molecular flexibility index (Phi) is 1.50. The molecule has 3 heterocycles. The van der Waals surface area contributed by atoms with Gasteiger partial charge >= 0.3 is 0 Å². The van der Waals surface area contributed by atoms with Crippen LogP contribution in [0, 0.1) is 0 Å². The van der Waals surface area contributed by atoms with Gasteiger partial charge < -0.3 is 19.5 Å². The molecule has 0 saturated carbocycles. The van der Waals surface area contributed by atoms with Crippen molar-refractivity contribution in [2.24, 2.45) is 0 Å². The molecule has 14 heavy (non-hydrogen) atoms. The van der Waals surface area contributed by atoms with E-state index < -0.39 is 0 Å². The number of fused-ring (bicyclic) bond motifs is 1. The number of nitrogens with two attached hydrogens (primary N) is 1. The molecule has 4 heteroatoms. The highest BCUT2D eigenvalue weighted by Gasteiger charge is 2.17. The number of hydrogen-bond donors (Lipinski definition) is 1. The Morgan fingerprint density at radius 3 is 2.50 bits per heavy atom. The van der Waals surface area contributed by atoms with Crippen LogP contribution in [0.2, 0.25) is 0 Å². The summed E-state index contributed by atoms with van der Waals surface area (Å²) in [6.07, 6.45) is 2.48. The van der Waals surface area contributed by atoms with Gasteiger partial charge in [0.1, 0.15) is 0 Å². The molecule has 74 valence electrons. The van der Waals surface area contributed by atoms with Gasteiger partial charge in [-0.2, -0.15) is 0 Å². The van der Waals surface area contributed by atoms with Crippen LogP contribution < -0.4 is 10.6 Å². The van der Waals surface area contributed by atoms with Crippen molar-refractivity contribution >= 4 is 22.9 Å². The highest BCUT2D eigenvalue weighted by molar-refractivity contribution is 5.78. The third kappa shape index (κ3) is 1.07. The van der Waals surface area contributed by atoms with Crippen molar-refractivity contribution in [3.05, 3.63) is 12.1 Å². The van der Waals surface area contributed by atoms with E-state index in [1.54, 1.807) is 6.07 Å². The summed E-state index contributed by atoms with van der Waals surface area (Å²) in [5.41, 5.74) is 6.98. The molecule has 3 rings (SSSR count). The molecule has 0 radical (unpaired) electrons. The lowest BCUT2D eigenvalue weighted by atomic mass is 10.4. The summed E-state index contributed by atoms with van der Waals surface area (Å²) < 4.78 is 10.9. The average molecular weight is 192 g/mol. The maximum atomic E-state index is 5.62. The molecule has 2 N–H and O–H groups in total. The van der Waals surface area contributed by atoms with Gasteiger partial charge in [-0.05, 0) is 12.8 Å². The van der Waals surface area contributed by atoms with Crippen LogP contribution >= 0.6 is 0 Å². The van der Waals surface area contributed by atoms with Crippen LogP contribution in [0.25, 0.3) is 11.2 Å². The van der Waals surface area contributed by atoms with Gasteiger partial charge in [0, 0.05) is 25.2 Å². The van der Waals surface area contributed by atoms with Crippen LogP contribution in [0.1, 0.15) is 12.8 Å². The minimum absolute atomic E-state index is 0.409. The van der Waals surface area contributed by atoms with Crippen molar-refractivity contribution in [1.82, 2.24) is 0 Å². The molecule has 1 aliphatic rings. The van der Waals surface area contributed by atoms with Crippen molar-refractivity contribution in [2.75, 3.05) is 23.7 Å². The van der Waals surface area contributed by atoms with Crippen molar-refractivity contribution in [1.29, 1.82) is 0 Å². The van der Waals surface area contributed by atoms with E-state index in [0.717, 1.165) is 30.1 Å². The minimum atomic E-state index is 0.409. The summed E-state index contributed by atoms with van der Waals surface area (Å²) in [7, 11) is 0. The molecule has 0 aromatic carbocycles. The van der Waals surface area contributed by atoms with E-state index in [0.29, 0.717) is 5.88 Å². The predicted molar refractivity (Wildman–Crippen MR) is 54.3 cm³/mol. The Hall–Kier alpha value is -1.58. The SMILES string of the molecule is Nc1cc2oc(N3CCCC3)cc2o1. The molecule has 4 nitrogen and oxygen atoms in total. The lowest BCUT2D eigenvalue weighted by Gasteiger charge is -2.12.